The maximum Gasteiger partial charge on any atom is 0.122 e. The number of likely N-dealkylation sites (N-methyl/N-ethyl adjacent to an activating group) is 2. The zero-order valence-electron chi connectivity index (χ0n) is 12.5. The van der Waals surface area contributed by atoms with Crippen molar-refractivity contribution in [2.24, 2.45) is 7.05 Å². The molecule has 0 aromatic carbocycles. The van der Waals surface area contributed by atoms with Gasteiger partial charge in [-0.1, -0.05) is 20.3 Å². The Morgan fingerprint density at radius 2 is 2.17 bits per heavy atom. The quantitative estimate of drug-likeness (QED) is 0.768. The number of aryl methyl sites for hydroxylation is 1. The molecule has 0 saturated carbocycles. The molecule has 0 bridgehead atoms. The first-order chi connectivity index (χ1) is 8.63. The van der Waals surface area contributed by atoms with Crippen LogP contribution < -0.4 is 5.32 Å². The van der Waals surface area contributed by atoms with Crippen molar-refractivity contribution in [2.75, 3.05) is 14.1 Å². The molecule has 104 valence electrons. The Kier molecular flexibility index (Phi) is 6.36. The highest BCUT2D eigenvalue weighted by Gasteiger charge is 2.22. The molecule has 0 fully saturated rings. The Balaban J connectivity index is 2.66. The van der Waals surface area contributed by atoms with E-state index < -0.39 is 0 Å². The van der Waals surface area contributed by atoms with Crippen molar-refractivity contribution in [1.29, 1.82) is 0 Å². The van der Waals surface area contributed by atoms with Gasteiger partial charge in [-0.05, 0) is 26.9 Å². The van der Waals surface area contributed by atoms with E-state index in [9.17, 15) is 0 Å². The molecule has 0 amide bonds. The summed E-state index contributed by atoms with van der Waals surface area (Å²) in [5.41, 5.74) is 0. The number of rotatable bonds is 8. The van der Waals surface area contributed by atoms with Crippen LogP contribution in [0, 0.1) is 0 Å². The van der Waals surface area contributed by atoms with Crippen molar-refractivity contribution < 1.29 is 0 Å². The van der Waals surface area contributed by atoms with Crippen molar-refractivity contribution in [2.45, 2.75) is 51.7 Å². The molecule has 0 spiro atoms. The molecule has 2 unspecified atom stereocenters. The molecule has 0 aliphatic heterocycles. The second kappa shape index (κ2) is 7.54. The van der Waals surface area contributed by atoms with Crippen LogP contribution in [-0.4, -0.2) is 40.6 Å². The lowest BCUT2D eigenvalue weighted by molar-refractivity contribution is 0.172. The topological polar surface area (TPSA) is 33.1 Å². The molecule has 0 radical (unpaired) electrons. The number of hydrogen-bond donors (Lipinski definition) is 1. The van der Waals surface area contributed by atoms with E-state index in [1.54, 1.807) is 0 Å². The van der Waals surface area contributed by atoms with Gasteiger partial charge in [-0.3, -0.25) is 4.90 Å². The largest absolute Gasteiger partial charge is 0.337 e. The first kappa shape index (κ1) is 15.2. The normalized spacial score (nSPS) is 15.0. The van der Waals surface area contributed by atoms with Crippen LogP contribution in [0.1, 0.15) is 38.9 Å². The number of aromatic nitrogens is 2. The van der Waals surface area contributed by atoms with Gasteiger partial charge in [-0.15, -0.1) is 0 Å². The summed E-state index contributed by atoms with van der Waals surface area (Å²) in [5.74, 6) is 1.13. The summed E-state index contributed by atoms with van der Waals surface area (Å²) in [6.45, 7) is 5.42. The van der Waals surface area contributed by atoms with Crippen LogP contribution in [0.3, 0.4) is 0 Å². The minimum atomic E-state index is 0.560. The highest BCUT2D eigenvalue weighted by Crippen LogP contribution is 2.14. The minimum absolute atomic E-state index is 0.560. The van der Waals surface area contributed by atoms with Gasteiger partial charge in [0, 0.05) is 31.5 Å². The van der Waals surface area contributed by atoms with Gasteiger partial charge >= 0.3 is 0 Å². The first-order valence-electron chi connectivity index (χ1n) is 6.97. The second-order valence-electron chi connectivity index (χ2n) is 5.03. The Hall–Kier alpha value is -0.870. The van der Waals surface area contributed by atoms with Gasteiger partial charge in [0.15, 0.2) is 0 Å². The molecule has 4 heteroatoms. The third-order valence-electron chi connectivity index (χ3n) is 3.73. The summed E-state index contributed by atoms with van der Waals surface area (Å²) in [6, 6.07) is 1.12. The summed E-state index contributed by atoms with van der Waals surface area (Å²) in [7, 11) is 6.32. The Morgan fingerprint density at radius 3 is 2.61 bits per heavy atom. The van der Waals surface area contributed by atoms with Gasteiger partial charge < -0.3 is 9.88 Å². The summed E-state index contributed by atoms with van der Waals surface area (Å²) in [4.78, 5) is 6.82. The van der Waals surface area contributed by atoms with Gasteiger partial charge in [-0.2, -0.15) is 0 Å². The molecule has 1 aromatic heterocycles. The molecule has 1 rings (SSSR count). The molecule has 0 aliphatic rings. The van der Waals surface area contributed by atoms with Crippen molar-refractivity contribution in [1.82, 2.24) is 19.8 Å². The summed E-state index contributed by atoms with van der Waals surface area (Å²) in [6.07, 6.45) is 7.47. The van der Waals surface area contributed by atoms with Gasteiger partial charge in [0.2, 0.25) is 0 Å². The van der Waals surface area contributed by atoms with Gasteiger partial charge in [0.25, 0.3) is 0 Å². The summed E-state index contributed by atoms with van der Waals surface area (Å²) in [5, 5.41) is 3.46. The van der Waals surface area contributed by atoms with E-state index in [0.717, 1.165) is 18.8 Å². The Morgan fingerprint density at radius 1 is 1.44 bits per heavy atom. The molecule has 4 nitrogen and oxygen atoms in total. The van der Waals surface area contributed by atoms with Crippen molar-refractivity contribution in [3.05, 3.63) is 18.2 Å². The zero-order chi connectivity index (χ0) is 13.5. The van der Waals surface area contributed by atoms with E-state index in [0.29, 0.717) is 12.1 Å². The highest BCUT2D eigenvalue weighted by molar-refractivity contribution is 4.92. The van der Waals surface area contributed by atoms with Crippen LogP contribution in [0.5, 0.6) is 0 Å². The lowest BCUT2D eigenvalue weighted by Crippen LogP contribution is -2.47. The molecule has 0 aliphatic carbocycles. The number of nitrogens with zero attached hydrogens (tertiary/aromatic N) is 3. The number of imidazole rings is 1. The maximum atomic E-state index is 4.40. The fraction of sp³-hybridized carbons (Fsp3) is 0.786. The lowest BCUT2D eigenvalue weighted by Gasteiger charge is -2.33. The van der Waals surface area contributed by atoms with Crippen LogP contribution in [0.4, 0.5) is 0 Å². The maximum absolute atomic E-state index is 4.40. The van der Waals surface area contributed by atoms with Crippen molar-refractivity contribution >= 4 is 0 Å². The third kappa shape index (κ3) is 3.82. The SMILES string of the molecule is CCCC(NC)C(CC)N(C)Cc1nccn1C. The number of hydrogen-bond acceptors (Lipinski definition) is 3. The summed E-state index contributed by atoms with van der Waals surface area (Å²) < 4.78 is 2.09. The molecule has 0 saturated heterocycles. The Bertz CT molecular complexity index is 334. The second-order valence-corrected chi connectivity index (χ2v) is 5.03. The highest BCUT2D eigenvalue weighted by atomic mass is 15.2. The molecular weight excluding hydrogens is 224 g/mol. The third-order valence-corrected chi connectivity index (χ3v) is 3.73. The van der Waals surface area contributed by atoms with E-state index in [1.807, 2.05) is 12.4 Å². The average Bonchev–Trinajstić information content (AvgIpc) is 2.75. The van der Waals surface area contributed by atoms with E-state index in [-0.39, 0.29) is 0 Å². The van der Waals surface area contributed by atoms with Crippen LogP contribution in [0.15, 0.2) is 12.4 Å². The molecular formula is C14H28N4. The molecule has 1 heterocycles. The van der Waals surface area contributed by atoms with E-state index in [4.69, 9.17) is 0 Å². The van der Waals surface area contributed by atoms with E-state index in [1.165, 1.54) is 12.8 Å². The zero-order valence-corrected chi connectivity index (χ0v) is 12.5. The van der Waals surface area contributed by atoms with Crippen LogP contribution in [0.25, 0.3) is 0 Å². The fourth-order valence-corrected chi connectivity index (χ4v) is 2.63. The minimum Gasteiger partial charge on any atom is -0.337 e. The average molecular weight is 252 g/mol. The van der Waals surface area contributed by atoms with Gasteiger partial charge in [0.05, 0.1) is 6.54 Å². The Labute approximate surface area is 111 Å². The van der Waals surface area contributed by atoms with E-state index in [2.05, 4.69) is 54.8 Å². The number of nitrogens with one attached hydrogen (secondary N) is 1. The van der Waals surface area contributed by atoms with E-state index >= 15 is 0 Å². The van der Waals surface area contributed by atoms with Crippen LogP contribution >= 0.6 is 0 Å². The fourth-order valence-electron chi connectivity index (χ4n) is 2.63. The van der Waals surface area contributed by atoms with Gasteiger partial charge in [0.1, 0.15) is 5.82 Å². The van der Waals surface area contributed by atoms with Crippen molar-refractivity contribution in [3.8, 4) is 0 Å². The lowest BCUT2D eigenvalue weighted by atomic mass is 10.00. The predicted octanol–water partition coefficient (Wildman–Crippen LogP) is 2.02. The monoisotopic (exact) mass is 252 g/mol. The van der Waals surface area contributed by atoms with Crippen LogP contribution in [-0.2, 0) is 13.6 Å². The van der Waals surface area contributed by atoms with Gasteiger partial charge in [-0.25, -0.2) is 4.98 Å². The van der Waals surface area contributed by atoms with Crippen LogP contribution in [0.2, 0.25) is 0 Å². The molecule has 1 aromatic rings. The predicted molar refractivity (Wildman–Crippen MR) is 76.5 cm³/mol. The molecule has 18 heavy (non-hydrogen) atoms. The first-order valence-corrected chi connectivity index (χ1v) is 6.97. The smallest absolute Gasteiger partial charge is 0.122 e. The van der Waals surface area contributed by atoms with Crippen molar-refractivity contribution in [3.63, 3.8) is 0 Å². The molecule has 2 atom stereocenters. The summed E-state index contributed by atoms with van der Waals surface area (Å²) >= 11 is 0. The molecule has 1 N–H and O–H groups in total. The standard InChI is InChI=1S/C14H28N4/c1-6-8-12(15-3)13(7-2)18(5)11-14-16-9-10-17(14)4/h9-10,12-13,15H,6-8,11H2,1-5H3.